The van der Waals surface area contributed by atoms with Crippen molar-refractivity contribution in [1.82, 2.24) is 0 Å². The molecule has 0 bridgehead atoms. The summed E-state index contributed by atoms with van der Waals surface area (Å²) in [5, 5.41) is 7.04. The maximum atomic E-state index is 6.39. The van der Waals surface area contributed by atoms with E-state index in [4.69, 9.17) is 8.83 Å². The molecule has 0 N–H and O–H groups in total. The number of allylic oxidation sites excluding steroid dienone is 1. The second-order valence-corrected chi connectivity index (χ2v) is 12.3. The van der Waals surface area contributed by atoms with Crippen LogP contribution in [-0.2, 0) is 6.42 Å². The normalized spacial score (nSPS) is 13.0. The van der Waals surface area contributed by atoms with E-state index in [1.54, 1.807) is 0 Å². The van der Waals surface area contributed by atoms with E-state index in [1.807, 2.05) is 18.2 Å². The van der Waals surface area contributed by atoms with Gasteiger partial charge in [-0.15, -0.1) is 0 Å². The van der Waals surface area contributed by atoms with Crippen LogP contribution in [0.2, 0.25) is 0 Å². The number of rotatable bonds is 3. The van der Waals surface area contributed by atoms with E-state index in [9.17, 15) is 0 Å². The topological polar surface area (TPSA) is 26.3 Å². The molecule has 1 aliphatic rings. The molecule has 0 saturated heterocycles. The van der Waals surface area contributed by atoms with Crippen LogP contribution in [0, 0.1) is 0 Å². The molecule has 0 radical (unpaired) electrons. The molecular formula is C44H28O2. The van der Waals surface area contributed by atoms with Crippen molar-refractivity contribution in [2.75, 3.05) is 0 Å². The molecule has 2 aromatic heterocycles. The van der Waals surface area contributed by atoms with Gasteiger partial charge in [-0.05, 0) is 92.4 Å². The number of furan rings is 2. The highest BCUT2D eigenvalue weighted by Gasteiger charge is 2.22. The smallest absolute Gasteiger partial charge is 0.139 e. The van der Waals surface area contributed by atoms with Gasteiger partial charge in [-0.1, -0.05) is 115 Å². The summed E-state index contributed by atoms with van der Waals surface area (Å²) in [6.45, 7) is 0. The van der Waals surface area contributed by atoms with Gasteiger partial charge in [0.1, 0.15) is 22.3 Å². The van der Waals surface area contributed by atoms with Crippen molar-refractivity contribution in [3.8, 4) is 33.4 Å². The molecule has 0 saturated carbocycles. The van der Waals surface area contributed by atoms with Crippen LogP contribution < -0.4 is 0 Å². The number of benzene rings is 7. The maximum absolute atomic E-state index is 6.39. The summed E-state index contributed by atoms with van der Waals surface area (Å²) in [5.74, 6) is 0. The highest BCUT2D eigenvalue weighted by Crippen LogP contribution is 2.46. The lowest BCUT2D eigenvalue weighted by Gasteiger charge is -2.24. The van der Waals surface area contributed by atoms with Gasteiger partial charge in [-0.25, -0.2) is 0 Å². The zero-order chi connectivity index (χ0) is 30.2. The van der Waals surface area contributed by atoms with Crippen molar-refractivity contribution in [2.45, 2.75) is 12.8 Å². The lowest BCUT2D eigenvalue weighted by Crippen LogP contribution is -2.02. The second kappa shape index (κ2) is 9.82. The van der Waals surface area contributed by atoms with Crippen molar-refractivity contribution in [3.63, 3.8) is 0 Å². The first-order chi connectivity index (χ1) is 22.8. The van der Waals surface area contributed by atoms with Gasteiger partial charge in [-0.2, -0.15) is 0 Å². The molecule has 1 aliphatic carbocycles. The Morgan fingerprint density at radius 1 is 0.391 bits per heavy atom. The molecule has 9 aromatic rings. The van der Waals surface area contributed by atoms with Gasteiger partial charge in [0.2, 0.25) is 0 Å². The monoisotopic (exact) mass is 588 g/mol. The van der Waals surface area contributed by atoms with Gasteiger partial charge in [0, 0.05) is 27.6 Å². The number of fused-ring (bicyclic) bond motifs is 8. The van der Waals surface area contributed by atoms with Crippen LogP contribution in [-0.4, -0.2) is 0 Å². The Bertz CT molecular complexity index is 2670. The maximum Gasteiger partial charge on any atom is 0.139 e. The van der Waals surface area contributed by atoms with Crippen LogP contribution in [0.5, 0.6) is 0 Å². The van der Waals surface area contributed by atoms with Gasteiger partial charge < -0.3 is 8.83 Å². The number of hydrogen-bond donors (Lipinski definition) is 0. The van der Waals surface area contributed by atoms with Crippen molar-refractivity contribution >= 4 is 60.7 Å². The van der Waals surface area contributed by atoms with Crippen molar-refractivity contribution < 1.29 is 8.83 Å². The lowest BCUT2D eigenvalue weighted by atomic mass is 9.80. The summed E-state index contributed by atoms with van der Waals surface area (Å²) in [5.41, 5.74) is 13.8. The summed E-state index contributed by atoms with van der Waals surface area (Å²) in [7, 11) is 0. The first-order valence-electron chi connectivity index (χ1n) is 16.0. The van der Waals surface area contributed by atoms with E-state index in [-0.39, 0.29) is 0 Å². The minimum atomic E-state index is 0.847. The molecule has 2 heteroatoms. The molecule has 10 rings (SSSR count). The van der Waals surface area contributed by atoms with Gasteiger partial charge in [-0.3, -0.25) is 0 Å². The largest absolute Gasteiger partial charge is 0.456 e. The predicted octanol–water partition coefficient (Wildman–Crippen LogP) is 12.6. The van der Waals surface area contributed by atoms with Crippen LogP contribution >= 0.6 is 0 Å². The Kier molecular flexibility index (Phi) is 5.44. The number of para-hydroxylation sites is 1. The van der Waals surface area contributed by atoms with Gasteiger partial charge in [0.15, 0.2) is 0 Å². The fourth-order valence-corrected chi connectivity index (χ4v) is 7.64. The molecule has 46 heavy (non-hydrogen) atoms. The summed E-state index contributed by atoms with van der Waals surface area (Å²) < 4.78 is 12.6. The van der Waals surface area contributed by atoms with Gasteiger partial charge in [0.25, 0.3) is 0 Å². The zero-order valence-electron chi connectivity index (χ0n) is 25.1. The molecular weight excluding hydrogens is 560 g/mol. The summed E-state index contributed by atoms with van der Waals surface area (Å²) >= 11 is 0. The highest BCUT2D eigenvalue weighted by molar-refractivity contribution is 6.17. The molecule has 0 fully saturated rings. The summed E-state index contributed by atoms with van der Waals surface area (Å²) in [6.07, 6.45) is 6.73. The quantitative estimate of drug-likeness (QED) is 0.205. The van der Waals surface area contributed by atoms with Crippen LogP contribution in [0.4, 0.5) is 0 Å². The molecule has 7 aromatic carbocycles. The van der Waals surface area contributed by atoms with Crippen LogP contribution in [0.25, 0.3) is 94.1 Å². The van der Waals surface area contributed by atoms with Crippen LogP contribution in [0.1, 0.15) is 17.5 Å². The average molecular weight is 589 g/mol. The van der Waals surface area contributed by atoms with E-state index >= 15 is 0 Å². The first-order valence-corrected chi connectivity index (χ1v) is 16.0. The van der Waals surface area contributed by atoms with E-state index in [0.29, 0.717) is 0 Å². The molecule has 0 unspecified atom stereocenters. The van der Waals surface area contributed by atoms with E-state index in [0.717, 1.165) is 56.7 Å². The average Bonchev–Trinajstić information content (AvgIpc) is 3.66. The fraction of sp³-hybridized carbons (Fsp3) is 0.0455. The van der Waals surface area contributed by atoms with E-state index in [1.165, 1.54) is 55.3 Å². The molecule has 0 amide bonds. The van der Waals surface area contributed by atoms with Gasteiger partial charge in [0.05, 0.1) is 0 Å². The molecule has 0 spiro atoms. The van der Waals surface area contributed by atoms with Gasteiger partial charge >= 0.3 is 0 Å². The van der Waals surface area contributed by atoms with Crippen molar-refractivity contribution in [3.05, 3.63) is 151 Å². The minimum absolute atomic E-state index is 0.847. The third-order valence-electron chi connectivity index (χ3n) is 9.75. The van der Waals surface area contributed by atoms with Crippen LogP contribution in [0.15, 0.2) is 148 Å². The molecule has 2 heterocycles. The SMILES string of the molecule is C1=Cc2c(c(-c3ccc(-c4ccccc4)cc3)c3ccccc3c2-c2ccc3oc4cc5oc6ccccc6c5cc4c3c2)CC1. The zero-order valence-corrected chi connectivity index (χ0v) is 25.1. The van der Waals surface area contributed by atoms with Crippen LogP contribution in [0.3, 0.4) is 0 Å². The highest BCUT2D eigenvalue weighted by atomic mass is 16.3. The molecule has 216 valence electrons. The Morgan fingerprint density at radius 3 is 1.78 bits per heavy atom. The van der Waals surface area contributed by atoms with Crippen molar-refractivity contribution in [1.29, 1.82) is 0 Å². The Hall–Kier alpha value is -5.86. The number of hydrogen-bond acceptors (Lipinski definition) is 2. The molecule has 0 aliphatic heterocycles. The van der Waals surface area contributed by atoms with Crippen molar-refractivity contribution in [2.24, 2.45) is 0 Å². The Labute approximate surface area is 265 Å². The Balaban J connectivity index is 1.20. The second-order valence-electron chi connectivity index (χ2n) is 12.3. The van der Waals surface area contributed by atoms with E-state index < -0.39 is 0 Å². The van der Waals surface area contributed by atoms with E-state index in [2.05, 4.69) is 127 Å². The predicted molar refractivity (Wildman–Crippen MR) is 192 cm³/mol. The minimum Gasteiger partial charge on any atom is -0.456 e. The fourth-order valence-electron chi connectivity index (χ4n) is 7.64. The standard InChI is InChI=1S/C44H28O2/c1-2-10-27(11-3-1)28-18-20-29(21-19-28)43-32-13-4-6-15-34(32)44(35-16-7-5-14-33(35)43)30-22-23-40-36(24-30)38-25-37-31-12-8-9-17-39(31)45-41(37)26-42(38)46-40/h1-4,6-13,15-26H,5,14H2. The third kappa shape index (κ3) is 3.77. The summed E-state index contributed by atoms with van der Waals surface area (Å²) in [4.78, 5) is 0. The Morgan fingerprint density at radius 2 is 0.978 bits per heavy atom. The summed E-state index contributed by atoms with van der Waals surface area (Å²) in [6, 6.07) is 47.8. The molecule has 2 nitrogen and oxygen atoms in total. The lowest BCUT2D eigenvalue weighted by molar-refractivity contribution is 0.656. The molecule has 0 atom stereocenters. The third-order valence-corrected chi connectivity index (χ3v) is 9.75. The first kappa shape index (κ1) is 25.5.